The first kappa shape index (κ1) is 17.7. The second-order valence-electron chi connectivity index (χ2n) is 6.54. The van der Waals surface area contributed by atoms with E-state index in [1.165, 1.54) is 0 Å². The Bertz CT molecular complexity index is 1100. The summed E-state index contributed by atoms with van der Waals surface area (Å²) in [6, 6.07) is 18.8. The molecule has 4 rings (SSSR count). The Balaban J connectivity index is 1.44. The maximum atomic E-state index is 12.4. The van der Waals surface area contributed by atoms with Gasteiger partial charge < -0.3 is 10.1 Å². The summed E-state index contributed by atoms with van der Waals surface area (Å²) in [5.41, 5.74) is 3.41. The van der Waals surface area contributed by atoms with Crippen LogP contribution < -0.4 is 10.1 Å². The monoisotopic (exact) mass is 372 g/mol. The fourth-order valence-electron chi connectivity index (χ4n) is 2.82. The van der Waals surface area contributed by atoms with Crippen LogP contribution in [0.1, 0.15) is 12.6 Å². The van der Waals surface area contributed by atoms with Gasteiger partial charge in [-0.2, -0.15) is 0 Å². The van der Waals surface area contributed by atoms with Crippen molar-refractivity contribution in [3.05, 3.63) is 78.8 Å². The van der Waals surface area contributed by atoms with Crippen LogP contribution in [-0.4, -0.2) is 26.4 Å². The first-order valence-electron chi connectivity index (χ1n) is 9.04. The van der Waals surface area contributed by atoms with Gasteiger partial charge in [0.2, 0.25) is 5.78 Å². The molecule has 6 heteroatoms. The van der Waals surface area contributed by atoms with E-state index in [0.29, 0.717) is 17.2 Å². The zero-order valence-electron chi connectivity index (χ0n) is 15.7. The highest BCUT2D eigenvalue weighted by Crippen LogP contribution is 2.21. The van der Waals surface area contributed by atoms with Crippen molar-refractivity contribution in [3.63, 3.8) is 0 Å². The number of hydrogen-bond acceptors (Lipinski definition) is 4. The molecule has 0 radical (unpaired) electrons. The van der Waals surface area contributed by atoms with Crippen LogP contribution in [0.2, 0.25) is 0 Å². The van der Waals surface area contributed by atoms with Crippen LogP contribution in [0, 0.1) is 6.92 Å². The number of fused-ring (bicyclic) bond motifs is 1. The van der Waals surface area contributed by atoms with Crippen LogP contribution in [0.3, 0.4) is 0 Å². The number of carbonyl (C=O) groups is 1. The summed E-state index contributed by atoms with van der Waals surface area (Å²) in [5.74, 6) is 1.12. The molecule has 140 valence electrons. The van der Waals surface area contributed by atoms with E-state index in [1.54, 1.807) is 6.92 Å². The summed E-state index contributed by atoms with van der Waals surface area (Å²) < 4.78 is 7.54. The second kappa shape index (κ2) is 7.52. The van der Waals surface area contributed by atoms with Crippen LogP contribution in [0.5, 0.6) is 5.75 Å². The number of benzene rings is 2. The van der Waals surface area contributed by atoms with Crippen molar-refractivity contribution in [3.8, 4) is 17.0 Å². The maximum absolute atomic E-state index is 12.4. The lowest BCUT2D eigenvalue weighted by Crippen LogP contribution is -2.30. The van der Waals surface area contributed by atoms with Crippen molar-refractivity contribution in [1.82, 2.24) is 14.4 Å². The molecular weight excluding hydrogens is 352 g/mol. The van der Waals surface area contributed by atoms with Gasteiger partial charge in [-0.15, -0.1) is 0 Å². The number of nitrogens with one attached hydrogen (secondary N) is 1. The lowest BCUT2D eigenvalue weighted by molar-refractivity contribution is -0.122. The average molecular weight is 372 g/mol. The number of aromatic nitrogens is 3. The Morgan fingerprint density at radius 3 is 2.54 bits per heavy atom. The summed E-state index contributed by atoms with van der Waals surface area (Å²) in [7, 11) is 0. The Hall–Kier alpha value is -3.67. The summed E-state index contributed by atoms with van der Waals surface area (Å²) in [4.78, 5) is 21.3. The van der Waals surface area contributed by atoms with Gasteiger partial charge in [0, 0.05) is 29.3 Å². The number of carbonyl (C=O) groups excluding carboxylic acids is 1. The van der Waals surface area contributed by atoms with Crippen molar-refractivity contribution < 1.29 is 9.53 Å². The van der Waals surface area contributed by atoms with Gasteiger partial charge in [0.25, 0.3) is 5.91 Å². The van der Waals surface area contributed by atoms with E-state index >= 15 is 0 Å². The van der Waals surface area contributed by atoms with Gasteiger partial charge in [0.05, 0.1) is 5.69 Å². The number of aryl methyl sites for hydroxylation is 1. The molecule has 0 bridgehead atoms. The number of amides is 1. The van der Waals surface area contributed by atoms with E-state index in [2.05, 4.69) is 15.3 Å². The molecule has 2 aromatic heterocycles. The molecule has 1 unspecified atom stereocenters. The number of para-hydroxylation sites is 1. The van der Waals surface area contributed by atoms with E-state index in [-0.39, 0.29) is 5.91 Å². The Morgan fingerprint density at radius 2 is 1.79 bits per heavy atom. The summed E-state index contributed by atoms with van der Waals surface area (Å²) in [5, 5.41) is 2.87. The highest BCUT2D eigenvalue weighted by atomic mass is 16.5. The minimum atomic E-state index is -0.602. The molecule has 1 atom stereocenters. The third-order valence-electron chi connectivity index (χ3n) is 4.34. The Labute approximate surface area is 162 Å². The third-order valence-corrected chi connectivity index (χ3v) is 4.34. The van der Waals surface area contributed by atoms with Crippen molar-refractivity contribution in [1.29, 1.82) is 0 Å². The molecule has 1 N–H and O–H groups in total. The molecule has 28 heavy (non-hydrogen) atoms. The minimum absolute atomic E-state index is 0.205. The van der Waals surface area contributed by atoms with E-state index < -0.39 is 6.10 Å². The first-order valence-corrected chi connectivity index (χ1v) is 9.04. The highest BCUT2D eigenvalue weighted by Gasteiger charge is 2.15. The molecule has 6 nitrogen and oxygen atoms in total. The average Bonchev–Trinajstić information content (AvgIpc) is 3.12. The molecule has 1 amide bonds. The van der Waals surface area contributed by atoms with Crippen LogP contribution in [-0.2, 0) is 4.79 Å². The predicted molar refractivity (Wildman–Crippen MR) is 108 cm³/mol. The smallest absolute Gasteiger partial charge is 0.265 e. The van der Waals surface area contributed by atoms with Crippen LogP contribution in [0.25, 0.3) is 17.0 Å². The van der Waals surface area contributed by atoms with Gasteiger partial charge in [0.15, 0.2) is 6.10 Å². The SMILES string of the molecule is Cc1ccn2cc(-c3ccc(NC(=O)C(C)Oc4ccccc4)cc3)nc2n1. The van der Waals surface area contributed by atoms with E-state index in [4.69, 9.17) is 4.74 Å². The van der Waals surface area contributed by atoms with Crippen molar-refractivity contribution in [2.75, 3.05) is 5.32 Å². The Morgan fingerprint density at radius 1 is 1.04 bits per heavy atom. The molecule has 0 saturated heterocycles. The largest absolute Gasteiger partial charge is 0.481 e. The molecule has 0 spiro atoms. The normalized spacial score (nSPS) is 11.9. The molecule has 0 fully saturated rings. The zero-order chi connectivity index (χ0) is 19.5. The molecule has 0 saturated carbocycles. The minimum Gasteiger partial charge on any atom is -0.481 e. The standard InChI is InChI=1S/C22H20N4O2/c1-15-12-13-26-14-20(25-22(26)23-15)17-8-10-18(11-9-17)24-21(27)16(2)28-19-6-4-3-5-7-19/h3-14,16H,1-2H3,(H,24,27). The number of ether oxygens (including phenoxy) is 1. The molecule has 2 aromatic carbocycles. The van der Waals surface area contributed by atoms with Crippen LogP contribution in [0.15, 0.2) is 73.1 Å². The molecular formula is C22H20N4O2. The third kappa shape index (κ3) is 3.86. The van der Waals surface area contributed by atoms with E-state index in [1.807, 2.05) is 84.4 Å². The van der Waals surface area contributed by atoms with Gasteiger partial charge in [-0.25, -0.2) is 9.97 Å². The first-order chi connectivity index (χ1) is 13.6. The molecule has 2 heterocycles. The fraction of sp³-hybridized carbons (Fsp3) is 0.136. The number of rotatable bonds is 5. The summed E-state index contributed by atoms with van der Waals surface area (Å²) in [6.45, 7) is 3.66. The van der Waals surface area contributed by atoms with E-state index in [9.17, 15) is 4.79 Å². The van der Waals surface area contributed by atoms with Gasteiger partial charge in [0.1, 0.15) is 5.75 Å². The topological polar surface area (TPSA) is 68.5 Å². The van der Waals surface area contributed by atoms with Gasteiger partial charge in [-0.05, 0) is 44.2 Å². The summed E-state index contributed by atoms with van der Waals surface area (Å²) in [6.07, 6.45) is 3.27. The zero-order valence-corrected chi connectivity index (χ0v) is 15.7. The number of hydrogen-bond donors (Lipinski definition) is 1. The Kier molecular flexibility index (Phi) is 4.76. The molecule has 0 aliphatic carbocycles. The van der Waals surface area contributed by atoms with Gasteiger partial charge in [-0.3, -0.25) is 9.20 Å². The van der Waals surface area contributed by atoms with E-state index in [0.717, 1.165) is 17.0 Å². The number of imidazole rings is 1. The summed E-state index contributed by atoms with van der Waals surface area (Å²) >= 11 is 0. The molecule has 4 aromatic rings. The fourth-order valence-corrected chi connectivity index (χ4v) is 2.82. The highest BCUT2D eigenvalue weighted by molar-refractivity contribution is 5.94. The molecule has 0 aliphatic rings. The van der Waals surface area contributed by atoms with Crippen molar-refractivity contribution in [2.24, 2.45) is 0 Å². The quantitative estimate of drug-likeness (QED) is 0.572. The second-order valence-corrected chi connectivity index (χ2v) is 6.54. The lowest BCUT2D eigenvalue weighted by atomic mass is 10.1. The molecule has 0 aliphatic heterocycles. The number of nitrogens with zero attached hydrogens (tertiary/aromatic N) is 3. The van der Waals surface area contributed by atoms with Gasteiger partial charge in [-0.1, -0.05) is 30.3 Å². The van der Waals surface area contributed by atoms with Crippen molar-refractivity contribution in [2.45, 2.75) is 20.0 Å². The van der Waals surface area contributed by atoms with Crippen molar-refractivity contribution >= 4 is 17.4 Å². The maximum Gasteiger partial charge on any atom is 0.265 e. The van der Waals surface area contributed by atoms with Crippen LogP contribution >= 0.6 is 0 Å². The van der Waals surface area contributed by atoms with Gasteiger partial charge >= 0.3 is 0 Å². The predicted octanol–water partition coefficient (Wildman–Crippen LogP) is 4.11. The lowest BCUT2D eigenvalue weighted by Gasteiger charge is -2.14. The number of anilines is 1. The van der Waals surface area contributed by atoms with Crippen LogP contribution in [0.4, 0.5) is 5.69 Å².